The summed E-state index contributed by atoms with van der Waals surface area (Å²) < 4.78 is 23.9. The zero-order valence-electron chi connectivity index (χ0n) is 30.6. The van der Waals surface area contributed by atoms with E-state index < -0.39 is 16.6 Å². The van der Waals surface area contributed by atoms with E-state index in [1.807, 2.05) is 24.3 Å². The molecular weight excluding hydrogens is 695 g/mol. The number of hydrogen-bond acceptors (Lipinski definition) is 7. The number of benzene rings is 3. The average Bonchev–Trinajstić information content (AvgIpc) is 3.03. The molecule has 8 nitrogen and oxygen atoms in total. The summed E-state index contributed by atoms with van der Waals surface area (Å²) in [5, 5.41) is 13.6. The molecule has 2 N–H and O–H groups in total. The van der Waals surface area contributed by atoms with Crippen LogP contribution < -0.4 is 19.7 Å². The van der Waals surface area contributed by atoms with Crippen LogP contribution in [0.3, 0.4) is 0 Å². The van der Waals surface area contributed by atoms with Gasteiger partial charge in [0.15, 0.2) is 22.4 Å². The fourth-order valence-electron chi connectivity index (χ4n) is 4.65. The number of carbonyl (C=O) groups excluding carboxylic acids is 1. The summed E-state index contributed by atoms with van der Waals surface area (Å²) in [5.41, 5.74) is 4.26. The molecule has 3 aromatic carbocycles. The van der Waals surface area contributed by atoms with Gasteiger partial charge in [0.25, 0.3) is 5.91 Å². The van der Waals surface area contributed by atoms with Crippen LogP contribution in [0.2, 0.25) is 46.3 Å². The molecular formula is C37H52Cl2N2O6Si2. The second-order valence-corrected chi connectivity index (χ2v) is 26.0. The molecule has 12 heteroatoms. The zero-order valence-corrected chi connectivity index (χ0v) is 34.1. The van der Waals surface area contributed by atoms with Gasteiger partial charge in [-0.05, 0) is 83.8 Å². The molecule has 0 saturated heterocycles. The van der Waals surface area contributed by atoms with Crippen molar-refractivity contribution in [3.05, 3.63) is 75.3 Å². The molecule has 0 radical (unpaired) electrons. The van der Waals surface area contributed by atoms with Crippen molar-refractivity contribution >= 4 is 57.1 Å². The Morgan fingerprint density at radius 1 is 0.816 bits per heavy atom. The number of phenols is 1. The monoisotopic (exact) mass is 746 g/mol. The molecule has 0 aromatic heterocycles. The first-order valence-corrected chi connectivity index (χ1v) is 23.3. The zero-order chi connectivity index (χ0) is 36.4. The molecule has 5 rings (SSSR count). The Morgan fingerprint density at radius 3 is 1.88 bits per heavy atom. The molecule has 0 unspecified atom stereocenters. The van der Waals surface area contributed by atoms with Gasteiger partial charge in [-0.1, -0.05) is 76.9 Å². The maximum absolute atomic E-state index is 13.2. The van der Waals surface area contributed by atoms with E-state index in [4.69, 9.17) is 41.5 Å². The molecule has 2 aliphatic heterocycles. The summed E-state index contributed by atoms with van der Waals surface area (Å²) in [6, 6.07) is 14.9. The quantitative estimate of drug-likeness (QED) is 0.233. The summed E-state index contributed by atoms with van der Waals surface area (Å²) in [6.45, 7) is 26.0. The number of ether oxygens (including phenoxy) is 2. The molecule has 0 atom stereocenters. The highest BCUT2D eigenvalue weighted by atomic mass is 35.5. The van der Waals surface area contributed by atoms with E-state index in [2.05, 4.69) is 85.2 Å². The fourth-order valence-corrected chi connectivity index (χ4v) is 7.06. The highest BCUT2D eigenvalue weighted by Crippen LogP contribution is 2.40. The normalized spacial score (nSPS) is 14.7. The van der Waals surface area contributed by atoms with Crippen molar-refractivity contribution in [2.24, 2.45) is 0 Å². The van der Waals surface area contributed by atoms with Gasteiger partial charge in [0.1, 0.15) is 24.7 Å². The van der Waals surface area contributed by atoms with Gasteiger partial charge in [-0.25, -0.2) is 0 Å². The van der Waals surface area contributed by atoms with E-state index in [1.165, 1.54) is 17.7 Å². The predicted octanol–water partition coefficient (Wildman–Crippen LogP) is 10.3. The minimum absolute atomic E-state index is 0.0378. The van der Waals surface area contributed by atoms with E-state index in [0.717, 1.165) is 30.2 Å². The maximum atomic E-state index is 13.2. The average molecular weight is 748 g/mol. The number of carbonyl (C=O) groups is 1. The first-order chi connectivity index (χ1) is 22.7. The molecule has 0 bridgehead atoms. The molecule has 0 spiro atoms. The fraction of sp³-hybridized carbons (Fsp3) is 0.486. The number of anilines is 2. The molecule has 0 saturated carbocycles. The van der Waals surface area contributed by atoms with Crippen LogP contribution in [0.5, 0.6) is 17.2 Å². The van der Waals surface area contributed by atoms with Gasteiger partial charge >= 0.3 is 0 Å². The smallest absolute Gasteiger partial charge is 0.258 e. The number of aromatic hydroxyl groups is 1. The maximum Gasteiger partial charge on any atom is 0.258 e. The number of rotatable bonds is 7. The second kappa shape index (κ2) is 15.2. The molecule has 2 aliphatic rings. The van der Waals surface area contributed by atoms with Gasteiger partial charge in [0.05, 0.1) is 41.2 Å². The molecule has 0 fully saturated rings. The summed E-state index contributed by atoms with van der Waals surface area (Å²) >= 11 is 12.0. The number of halogens is 2. The lowest BCUT2D eigenvalue weighted by Gasteiger charge is -2.36. The molecule has 3 aromatic rings. The van der Waals surface area contributed by atoms with E-state index in [1.54, 1.807) is 4.90 Å². The third-order valence-corrected chi connectivity index (χ3v) is 19.5. The van der Waals surface area contributed by atoms with Crippen molar-refractivity contribution < 1.29 is 28.2 Å². The molecule has 2 heterocycles. The molecule has 1 amide bonds. The molecule has 268 valence electrons. The summed E-state index contributed by atoms with van der Waals surface area (Å²) in [4.78, 5) is 14.8. The third kappa shape index (κ3) is 9.53. The number of phenolic OH excluding ortho intramolecular Hbond substituents is 1. The van der Waals surface area contributed by atoms with Crippen LogP contribution in [0, 0.1) is 0 Å². The van der Waals surface area contributed by atoms with E-state index in [9.17, 15) is 9.90 Å². The standard InChI is InChI=1S/C22H27Cl2NO4Si.C15H25NO2Si/c1-22(2,3)30(4,5)29-13-14-6-7-19-18(10-14)25(8-9-28-19)21(27)15-11-16(23)20(26)17(24)12-15;1-15(2,3)19(4,5)18-11-12-6-7-14-13(10-12)16-8-9-17-14/h6-7,10-12,26H,8-9,13H2,1-5H3;6-7,10,16H,8-9,11H2,1-5H3. The molecule has 49 heavy (non-hydrogen) atoms. The lowest BCUT2D eigenvalue weighted by atomic mass is 10.1. The lowest BCUT2D eigenvalue weighted by Crippen LogP contribution is -2.40. The van der Waals surface area contributed by atoms with Crippen molar-refractivity contribution in [1.82, 2.24) is 0 Å². The van der Waals surface area contributed by atoms with Crippen LogP contribution >= 0.6 is 23.2 Å². The summed E-state index contributed by atoms with van der Waals surface area (Å²) in [5.74, 6) is 1.09. The van der Waals surface area contributed by atoms with Crippen molar-refractivity contribution in [1.29, 1.82) is 0 Å². The first-order valence-electron chi connectivity index (χ1n) is 16.7. The van der Waals surface area contributed by atoms with Gasteiger partial charge in [-0.15, -0.1) is 0 Å². The SMILES string of the molecule is CC(C)(C)[Si](C)(C)OCc1ccc2c(c1)N(C(=O)c1cc(Cl)c(O)c(Cl)c1)CCO2.CC(C)(C)[Si](C)(C)OCc1ccc2c(c1)NCCO2. The number of nitrogens with one attached hydrogen (secondary N) is 1. The Bertz CT molecular complexity index is 1630. The van der Waals surface area contributed by atoms with Crippen LogP contribution in [-0.2, 0) is 22.1 Å². The highest BCUT2D eigenvalue weighted by Gasteiger charge is 2.38. The first kappa shape index (κ1) is 39.1. The van der Waals surface area contributed by atoms with Gasteiger partial charge in [0.2, 0.25) is 0 Å². The Balaban J connectivity index is 0.000000244. The van der Waals surface area contributed by atoms with Gasteiger partial charge < -0.3 is 33.6 Å². The van der Waals surface area contributed by atoms with Gasteiger partial charge in [-0.2, -0.15) is 0 Å². The summed E-state index contributed by atoms with van der Waals surface area (Å²) in [7, 11) is -3.57. The number of nitrogens with zero attached hydrogens (tertiary/aromatic N) is 1. The number of amides is 1. The van der Waals surface area contributed by atoms with Crippen molar-refractivity contribution in [3.8, 4) is 17.2 Å². The summed E-state index contributed by atoms with van der Waals surface area (Å²) in [6.07, 6.45) is 0. The topological polar surface area (TPSA) is 89.5 Å². The van der Waals surface area contributed by atoms with Crippen LogP contribution in [-0.4, -0.2) is 54.0 Å². The van der Waals surface area contributed by atoms with Crippen molar-refractivity contribution in [2.75, 3.05) is 36.5 Å². The Morgan fingerprint density at radius 2 is 1.33 bits per heavy atom. The Labute approximate surface area is 304 Å². The van der Waals surface area contributed by atoms with E-state index >= 15 is 0 Å². The van der Waals surface area contributed by atoms with Crippen LogP contribution in [0.1, 0.15) is 63.0 Å². The number of fused-ring (bicyclic) bond motifs is 2. The van der Waals surface area contributed by atoms with Gasteiger partial charge in [-0.3, -0.25) is 4.79 Å². The minimum Gasteiger partial charge on any atom is -0.505 e. The molecule has 0 aliphatic carbocycles. The third-order valence-electron chi connectivity index (χ3n) is 9.93. The lowest BCUT2D eigenvalue weighted by molar-refractivity contribution is 0.0976. The second-order valence-electron chi connectivity index (χ2n) is 15.6. The van der Waals surface area contributed by atoms with E-state index in [0.29, 0.717) is 43.4 Å². The van der Waals surface area contributed by atoms with Crippen LogP contribution in [0.4, 0.5) is 11.4 Å². The largest absolute Gasteiger partial charge is 0.505 e. The Kier molecular flexibility index (Phi) is 12.2. The van der Waals surface area contributed by atoms with Crippen molar-refractivity contribution in [3.63, 3.8) is 0 Å². The Hall–Kier alpha value is -2.74. The highest BCUT2D eigenvalue weighted by molar-refractivity contribution is 6.74. The number of hydrogen-bond donors (Lipinski definition) is 2. The van der Waals surface area contributed by atoms with Crippen LogP contribution in [0.15, 0.2) is 48.5 Å². The van der Waals surface area contributed by atoms with Gasteiger partial charge in [0, 0.05) is 12.1 Å². The minimum atomic E-state index is -1.90. The predicted molar refractivity (Wildman–Crippen MR) is 206 cm³/mol. The van der Waals surface area contributed by atoms with Crippen molar-refractivity contribution in [2.45, 2.75) is 91.0 Å². The van der Waals surface area contributed by atoms with E-state index in [-0.39, 0.29) is 31.8 Å². The van der Waals surface area contributed by atoms with Crippen LogP contribution in [0.25, 0.3) is 0 Å².